The Kier molecular flexibility index (Phi) is 4.69. The molecular formula is C11H9F4NO3. The van der Waals surface area contributed by atoms with Crippen molar-refractivity contribution in [2.75, 3.05) is 0 Å². The molecule has 2 atom stereocenters. The number of hydrogen-bond donors (Lipinski definition) is 2. The zero-order chi connectivity index (χ0) is 14.6. The summed E-state index contributed by atoms with van der Waals surface area (Å²) in [5, 5.41) is 27.2. The van der Waals surface area contributed by atoms with Crippen LogP contribution >= 0.6 is 0 Å². The van der Waals surface area contributed by atoms with E-state index in [0.717, 1.165) is 6.07 Å². The molecular weight excluding hydrogens is 270 g/mol. The zero-order valence-corrected chi connectivity index (χ0v) is 9.36. The van der Waals surface area contributed by atoms with Crippen LogP contribution in [0.2, 0.25) is 0 Å². The number of hydrogen-bond acceptors (Lipinski definition) is 4. The quantitative estimate of drug-likeness (QED) is 0.827. The molecule has 1 aromatic rings. The number of nitrogens with zero attached hydrogens (tertiary/aromatic N) is 1. The van der Waals surface area contributed by atoms with Crippen molar-refractivity contribution < 1.29 is 32.5 Å². The Balaban J connectivity index is 2.91. The van der Waals surface area contributed by atoms with Crippen molar-refractivity contribution in [2.24, 2.45) is 0 Å². The fraction of sp³-hybridized carbons (Fsp3) is 0.364. The van der Waals surface area contributed by atoms with E-state index in [4.69, 9.17) is 5.26 Å². The maximum absolute atomic E-state index is 13.3. The first-order valence-corrected chi connectivity index (χ1v) is 5.03. The van der Waals surface area contributed by atoms with E-state index >= 15 is 0 Å². The predicted octanol–water partition coefficient (Wildman–Crippen LogP) is 2.03. The minimum atomic E-state index is -5.03. The van der Waals surface area contributed by atoms with E-state index in [9.17, 15) is 27.8 Å². The number of benzene rings is 1. The molecule has 0 radical (unpaired) electrons. The van der Waals surface area contributed by atoms with E-state index in [0.29, 0.717) is 12.1 Å². The molecule has 4 nitrogen and oxygen atoms in total. The minimum absolute atomic E-state index is 0.158. The van der Waals surface area contributed by atoms with E-state index in [1.807, 2.05) is 0 Å². The van der Waals surface area contributed by atoms with Gasteiger partial charge in [-0.15, -0.1) is 13.2 Å². The first-order chi connectivity index (χ1) is 8.74. The van der Waals surface area contributed by atoms with Gasteiger partial charge in [-0.05, 0) is 17.7 Å². The Bertz CT molecular complexity index is 484. The van der Waals surface area contributed by atoms with E-state index in [1.165, 1.54) is 0 Å². The van der Waals surface area contributed by atoms with Crippen LogP contribution in [-0.2, 0) is 0 Å². The number of alkyl halides is 3. The van der Waals surface area contributed by atoms with Crippen molar-refractivity contribution in [1.82, 2.24) is 0 Å². The van der Waals surface area contributed by atoms with Crippen LogP contribution < -0.4 is 4.74 Å². The average molecular weight is 279 g/mol. The number of rotatable bonds is 4. The third-order valence-electron chi connectivity index (χ3n) is 2.19. The van der Waals surface area contributed by atoms with E-state index in [2.05, 4.69) is 4.74 Å². The van der Waals surface area contributed by atoms with Gasteiger partial charge in [-0.25, -0.2) is 4.39 Å². The largest absolute Gasteiger partial charge is 0.573 e. The van der Waals surface area contributed by atoms with Gasteiger partial charge >= 0.3 is 6.36 Å². The molecule has 0 spiro atoms. The molecule has 0 saturated carbocycles. The van der Waals surface area contributed by atoms with Crippen LogP contribution in [0.3, 0.4) is 0 Å². The molecule has 19 heavy (non-hydrogen) atoms. The topological polar surface area (TPSA) is 73.5 Å². The zero-order valence-electron chi connectivity index (χ0n) is 9.36. The highest BCUT2D eigenvalue weighted by molar-refractivity contribution is 5.31. The van der Waals surface area contributed by atoms with Crippen LogP contribution in [-0.4, -0.2) is 22.7 Å². The predicted molar refractivity (Wildman–Crippen MR) is 54.3 cm³/mol. The van der Waals surface area contributed by atoms with Crippen molar-refractivity contribution in [2.45, 2.75) is 25.0 Å². The molecule has 1 aromatic carbocycles. The third-order valence-corrected chi connectivity index (χ3v) is 2.19. The fourth-order valence-corrected chi connectivity index (χ4v) is 1.34. The number of aliphatic hydroxyl groups is 2. The summed E-state index contributed by atoms with van der Waals surface area (Å²) in [6.07, 6.45) is -8.46. The first-order valence-electron chi connectivity index (χ1n) is 5.03. The molecule has 0 bridgehead atoms. The Hall–Kier alpha value is -1.85. The molecule has 1 rings (SSSR count). The van der Waals surface area contributed by atoms with Crippen molar-refractivity contribution in [3.05, 3.63) is 29.6 Å². The fourth-order valence-electron chi connectivity index (χ4n) is 1.34. The highest BCUT2D eigenvalue weighted by atomic mass is 19.4. The molecule has 0 saturated heterocycles. The van der Waals surface area contributed by atoms with Crippen LogP contribution in [0.1, 0.15) is 18.1 Å². The van der Waals surface area contributed by atoms with Gasteiger partial charge in [0.15, 0.2) is 11.6 Å². The second-order valence-electron chi connectivity index (χ2n) is 3.61. The summed E-state index contributed by atoms with van der Waals surface area (Å²) in [6, 6.07) is 3.85. The smallest absolute Gasteiger partial charge is 0.403 e. The lowest BCUT2D eigenvalue weighted by molar-refractivity contribution is -0.275. The molecule has 8 heteroatoms. The summed E-state index contributed by atoms with van der Waals surface area (Å²) in [6.45, 7) is 0. The standard InChI is InChI=1S/C11H9F4NO3/c12-7-5-6(10(18)8(17)3-4-16)1-2-9(7)19-11(13,14)15/h1-2,5,8,10,17-18H,3H2. The molecule has 104 valence electrons. The molecule has 0 aliphatic heterocycles. The lowest BCUT2D eigenvalue weighted by atomic mass is 10.0. The Morgan fingerprint density at radius 3 is 2.42 bits per heavy atom. The van der Waals surface area contributed by atoms with E-state index in [1.54, 1.807) is 6.07 Å². The van der Waals surface area contributed by atoms with Crippen LogP contribution in [0.15, 0.2) is 18.2 Å². The SMILES string of the molecule is N#CCC(O)C(O)c1ccc(OC(F)(F)F)c(F)c1. The van der Waals surface area contributed by atoms with Gasteiger partial charge in [0.1, 0.15) is 6.10 Å². The molecule has 0 aromatic heterocycles. The van der Waals surface area contributed by atoms with Gasteiger partial charge in [-0.1, -0.05) is 6.07 Å². The third kappa shape index (κ3) is 4.39. The Morgan fingerprint density at radius 1 is 1.32 bits per heavy atom. The number of nitriles is 1. The van der Waals surface area contributed by atoms with Crippen molar-refractivity contribution in [1.29, 1.82) is 5.26 Å². The highest BCUT2D eigenvalue weighted by Crippen LogP contribution is 2.28. The summed E-state index contributed by atoms with van der Waals surface area (Å²) >= 11 is 0. The molecule has 0 heterocycles. The number of halogens is 4. The van der Waals surface area contributed by atoms with Gasteiger partial charge in [-0.3, -0.25) is 0 Å². The van der Waals surface area contributed by atoms with E-state index in [-0.39, 0.29) is 5.56 Å². The lowest BCUT2D eigenvalue weighted by Gasteiger charge is -2.16. The van der Waals surface area contributed by atoms with Crippen LogP contribution in [0, 0.1) is 17.1 Å². The van der Waals surface area contributed by atoms with Gasteiger partial charge in [0.2, 0.25) is 0 Å². The molecule has 0 fully saturated rings. The summed E-state index contributed by atoms with van der Waals surface area (Å²) in [5.41, 5.74) is -0.158. The molecule has 0 amide bonds. The van der Waals surface area contributed by atoms with Crippen LogP contribution in [0.4, 0.5) is 17.6 Å². The summed E-state index contributed by atoms with van der Waals surface area (Å²) in [4.78, 5) is 0. The average Bonchev–Trinajstić information content (AvgIpc) is 2.29. The van der Waals surface area contributed by atoms with Gasteiger partial charge < -0.3 is 14.9 Å². The highest BCUT2D eigenvalue weighted by Gasteiger charge is 2.32. The molecule has 0 aliphatic carbocycles. The summed E-state index contributed by atoms with van der Waals surface area (Å²) in [7, 11) is 0. The van der Waals surface area contributed by atoms with Crippen molar-refractivity contribution in [3.8, 4) is 11.8 Å². The normalized spacial score (nSPS) is 14.6. The second-order valence-corrected chi connectivity index (χ2v) is 3.61. The van der Waals surface area contributed by atoms with Gasteiger partial charge in [0.05, 0.1) is 18.6 Å². The summed E-state index contributed by atoms with van der Waals surface area (Å²) < 4.78 is 52.4. The molecule has 0 aliphatic rings. The van der Waals surface area contributed by atoms with Crippen molar-refractivity contribution >= 4 is 0 Å². The number of aliphatic hydroxyl groups excluding tert-OH is 2. The Labute approximate surface area is 105 Å². The second kappa shape index (κ2) is 5.86. The van der Waals surface area contributed by atoms with Crippen LogP contribution in [0.5, 0.6) is 5.75 Å². The van der Waals surface area contributed by atoms with Gasteiger partial charge in [0.25, 0.3) is 0 Å². The monoisotopic (exact) mass is 279 g/mol. The summed E-state index contributed by atoms with van der Waals surface area (Å²) in [5.74, 6) is -2.38. The van der Waals surface area contributed by atoms with E-state index < -0.39 is 36.6 Å². The number of ether oxygens (including phenoxy) is 1. The minimum Gasteiger partial charge on any atom is -0.403 e. The first kappa shape index (κ1) is 15.2. The van der Waals surface area contributed by atoms with Crippen molar-refractivity contribution in [3.63, 3.8) is 0 Å². The molecule has 2 N–H and O–H groups in total. The van der Waals surface area contributed by atoms with Gasteiger partial charge in [-0.2, -0.15) is 5.26 Å². The van der Waals surface area contributed by atoms with Crippen LogP contribution in [0.25, 0.3) is 0 Å². The Morgan fingerprint density at radius 2 is 1.95 bits per heavy atom. The molecule has 2 unspecified atom stereocenters. The lowest BCUT2D eigenvalue weighted by Crippen LogP contribution is -2.19. The van der Waals surface area contributed by atoms with Gasteiger partial charge in [0, 0.05) is 0 Å². The maximum atomic E-state index is 13.3. The maximum Gasteiger partial charge on any atom is 0.573 e.